The van der Waals surface area contributed by atoms with Crippen molar-refractivity contribution in [3.63, 3.8) is 0 Å². The van der Waals surface area contributed by atoms with Crippen LogP contribution in [0, 0.1) is 17.8 Å². The summed E-state index contributed by atoms with van der Waals surface area (Å²) >= 11 is 17.4. The van der Waals surface area contributed by atoms with Crippen molar-refractivity contribution in [3.05, 3.63) is 33.8 Å². The van der Waals surface area contributed by atoms with Gasteiger partial charge >= 0.3 is 0 Å². The third-order valence-corrected chi connectivity index (χ3v) is 6.31. The highest BCUT2D eigenvalue weighted by atomic mass is 35.5. The molecule has 0 spiro atoms. The van der Waals surface area contributed by atoms with Crippen LogP contribution in [0.2, 0.25) is 10.0 Å². The van der Waals surface area contributed by atoms with E-state index in [1.165, 1.54) is 38.5 Å². The number of nitrogens with one attached hydrogen (secondary N) is 2. The zero-order valence-corrected chi connectivity index (χ0v) is 15.7. The fourth-order valence-electron chi connectivity index (χ4n) is 5.35. The number of nitrogens with zero attached hydrogens (tertiary/aromatic N) is 1. The Morgan fingerprint density at radius 1 is 1.04 bits per heavy atom. The van der Waals surface area contributed by atoms with Crippen molar-refractivity contribution in [3.8, 4) is 0 Å². The molecule has 1 aromatic rings. The van der Waals surface area contributed by atoms with E-state index in [1.54, 1.807) is 12.3 Å². The molecule has 0 atom stereocenters. The van der Waals surface area contributed by atoms with E-state index in [-0.39, 0.29) is 5.54 Å². The third-order valence-electron chi connectivity index (χ3n) is 5.68. The van der Waals surface area contributed by atoms with Gasteiger partial charge < -0.3 is 5.32 Å². The first-order valence-corrected chi connectivity index (χ1v) is 9.73. The Morgan fingerprint density at radius 2 is 1.58 bits per heavy atom. The van der Waals surface area contributed by atoms with Crippen LogP contribution in [0.5, 0.6) is 0 Å². The SMILES string of the molecule is S=C(N/N=C\c1cc(Cl)cc(Cl)c1)NC12CC3CC(CC(C3)C1)C2. The third kappa shape index (κ3) is 3.56. The van der Waals surface area contributed by atoms with Gasteiger partial charge in [0.05, 0.1) is 6.21 Å². The van der Waals surface area contributed by atoms with Crippen molar-refractivity contribution in [2.75, 3.05) is 0 Å². The molecule has 6 heteroatoms. The van der Waals surface area contributed by atoms with Gasteiger partial charge in [-0.15, -0.1) is 0 Å². The molecule has 2 N–H and O–H groups in total. The van der Waals surface area contributed by atoms with E-state index in [2.05, 4.69) is 15.8 Å². The van der Waals surface area contributed by atoms with E-state index < -0.39 is 0 Å². The summed E-state index contributed by atoms with van der Waals surface area (Å²) in [5.41, 5.74) is 4.00. The standard InChI is InChI=1S/C18H21Cl2N3S/c19-15-4-14(5-16(20)6-15)10-21-23-17(24)22-18-7-11-1-12(8-18)3-13(2-11)9-18/h4-6,10-13H,1-3,7-9H2,(H2,22,23,24)/b21-10-. The molecule has 4 fully saturated rings. The minimum Gasteiger partial charge on any atom is -0.356 e. The molecule has 0 aromatic heterocycles. The molecule has 0 radical (unpaired) electrons. The summed E-state index contributed by atoms with van der Waals surface area (Å²) < 4.78 is 0. The van der Waals surface area contributed by atoms with Gasteiger partial charge in [-0.2, -0.15) is 5.10 Å². The summed E-state index contributed by atoms with van der Waals surface area (Å²) in [5, 5.41) is 9.62. The number of rotatable bonds is 3. The molecule has 0 unspecified atom stereocenters. The first kappa shape index (κ1) is 16.6. The summed E-state index contributed by atoms with van der Waals surface area (Å²) in [5.74, 6) is 2.68. The van der Waals surface area contributed by atoms with Gasteiger partial charge in [0, 0.05) is 15.6 Å². The van der Waals surface area contributed by atoms with Gasteiger partial charge in [0.25, 0.3) is 0 Å². The Kier molecular flexibility index (Phi) is 4.48. The average Bonchev–Trinajstić information content (AvgIpc) is 2.43. The van der Waals surface area contributed by atoms with Crippen LogP contribution in [0.25, 0.3) is 0 Å². The van der Waals surface area contributed by atoms with Crippen LogP contribution >= 0.6 is 35.4 Å². The van der Waals surface area contributed by atoms with E-state index in [4.69, 9.17) is 35.4 Å². The molecule has 5 rings (SSSR count). The quantitative estimate of drug-likeness (QED) is 0.450. The van der Waals surface area contributed by atoms with Crippen LogP contribution in [0.4, 0.5) is 0 Å². The zero-order valence-electron chi connectivity index (χ0n) is 13.4. The van der Waals surface area contributed by atoms with Crippen molar-refractivity contribution in [2.45, 2.75) is 44.1 Å². The van der Waals surface area contributed by atoms with Crippen molar-refractivity contribution in [2.24, 2.45) is 22.9 Å². The maximum Gasteiger partial charge on any atom is 0.187 e. The minimum atomic E-state index is 0.202. The maximum absolute atomic E-state index is 5.99. The molecule has 3 nitrogen and oxygen atoms in total. The Balaban J connectivity index is 1.36. The van der Waals surface area contributed by atoms with E-state index in [9.17, 15) is 0 Å². The van der Waals surface area contributed by atoms with Crippen LogP contribution in [0.1, 0.15) is 44.1 Å². The predicted octanol–water partition coefficient (Wildman–Crippen LogP) is 4.76. The maximum atomic E-state index is 5.99. The number of thiocarbonyl (C=S) groups is 1. The van der Waals surface area contributed by atoms with E-state index in [0.29, 0.717) is 15.2 Å². The molecule has 0 aliphatic heterocycles. The van der Waals surface area contributed by atoms with Gasteiger partial charge in [0.2, 0.25) is 0 Å². The number of halogens is 2. The zero-order chi connectivity index (χ0) is 16.7. The lowest BCUT2D eigenvalue weighted by Gasteiger charge is -2.57. The molecule has 128 valence electrons. The van der Waals surface area contributed by atoms with Crippen LogP contribution in [-0.4, -0.2) is 16.9 Å². The molecule has 0 saturated heterocycles. The monoisotopic (exact) mass is 381 g/mol. The molecule has 4 aliphatic rings. The minimum absolute atomic E-state index is 0.202. The van der Waals surface area contributed by atoms with Crippen LogP contribution in [-0.2, 0) is 0 Å². The Hall–Kier alpha value is -0.840. The largest absolute Gasteiger partial charge is 0.356 e. The summed E-state index contributed by atoms with van der Waals surface area (Å²) in [6.45, 7) is 0. The molecule has 0 heterocycles. The van der Waals surface area contributed by atoms with Crippen molar-refractivity contribution >= 4 is 46.7 Å². The molecular weight excluding hydrogens is 361 g/mol. The predicted molar refractivity (Wildman–Crippen MR) is 104 cm³/mol. The van der Waals surface area contributed by atoms with Crippen LogP contribution in [0.3, 0.4) is 0 Å². The summed E-state index contributed by atoms with van der Waals surface area (Å²) in [6, 6.07) is 5.33. The van der Waals surface area contributed by atoms with Gasteiger partial charge in [-0.05, 0) is 92.3 Å². The second-order valence-corrected chi connectivity index (χ2v) is 9.01. The summed E-state index contributed by atoms with van der Waals surface area (Å²) in [4.78, 5) is 0. The lowest BCUT2D eigenvalue weighted by molar-refractivity contribution is -0.0101. The van der Waals surface area contributed by atoms with Gasteiger partial charge in [-0.3, -0.25) is 5.43 Å². The van der Waals surface area contributed by atoms with E-state index in [0.717, 1.165) is 23.3 Å². The lowest BCUT2D eigenvalue weighted by atomic mass is 9.53. The normalized spacial score (nSPS) is 33.8. The summed E-state index contributed by atoms with van der Waals surface area (Å²) in [7, 11) is 0. The topological polar surface area (TPSA) is 36.4 Å². The van der Waals surface area contributed by atoms with Crippen molar-refractivity contribution in [1.82, 2.24) is 10.7 Å². The van der Waals surface area contributed by atoms with Gasteiger partial charge in [0.15, 0.2) is 5.11 Å². The molecule has 4 saturated carbocycles. The van der Waals surface area contributed by atoms with Gasteiger partial charge in [-0.1, -0.05) is 23.2 Å². The molecule has 0 amide bonds. The van der Waals surface area contributed by atoms with E-state index in [1.807, 2.05) is 12.1 Å². The molecule has 1 aromatic carbocycles. The molecule has 24 heavy (non-hydrogen) atoms. The number of hydrogen-bond donors (Lipinski definition) is 2. The highest BCUT2D eigenvalue weighted by Gasteiger charge is 2.51. The fraction of sp³-hybridized carbons (Fsp3) is 0.556. The van der Waals surface area contributed by atoms with Gasteiger partial charge in [0.1, 0.15) is 0 Å². The van der Waals surface area contributed by atoms with Gasteiger partial charge in [-0.25, -0.2) is 0 Å². The van der Waals surface area contributed by atoms with Crippen molar-refractivity contribution in [1.29, 1.82) is 0 Å². The average molecular weight is 382 g/mol. The second-order valence-electron chi connectivity index (χ2n) is 7.72. The van der Waals surface area contributed by atoms with E-state index >= 15 is 0 Å². The number of hydrazone groups is 1. The first-order chi connectivity index (χ1) is 11.5. The molecule has 4 bridgehead atoms. The number of benzene rings is 1. The highest BCUT2D eigenvalue weighted by Crippen LogP contribution is 2.55. The molecular formula is C18H21Cl2N3S. The number of hydrogen-bond acceptors (Lipinski definition) is 2. The highest BCUT2D eigenvalue weighted by molar-refractivity contribution is 7.80. The first-order valence-electron chi connectivity index (χ1n) is 8.57. The van der Waals surface area contributed by atoms with Crippen molar-refractivity contribution < 1.29 is 0 Å². The van der Waals surface area contributed by atoms with Crippen LogP contribution < -0.4 is 10.7 Å². The lowest BCUT2D eigenvalue weighted by Crippen LogP contribution is -2.61. The van der Waals surface area contributed by atoms with Crippen LogP contribution in [0.15, 0.2) is 23.3 Å². The Morgan fingerprint density at radius 3 is 2.12 bits per heavy atom. The second kappa shape index (κ2) is 6.47. The fourth-order valence-corrected chi connectivity index (χ4v) is 6.16. The molecule has 4 aliphatic carbocycles. The Bertz CT molecular complexity index is 633. The Labute approximate surface area is 158 Å². The summed E-state index contributed by atoms with van der Waals surface area (Å²) in [6.07, 6.45) is 9.74. The smallest absolute Gasteiger partial charge is 0.187 e.